The van der Waals surface area contributed by atoms with E-state index in [0.29, 0.717) is 0 Å². The van der Waals surface area contributed by atoms with Gasteiger partial charge in [-0.15, -0.1) is 0 Å². The molecule has 17 heavy (non-hydrogen) atoms. The first-order valence-corrected chi connectivity index (χ1v) is 5.05. The van der Waals surface area contributed by atoms with Gasteiger partial charge in [-0.05, 0) is 36.8 Å². The van der Waals surface area contributed by atoms with Crippen LogP contribution in [0.4, 0.5) is 24.5 Å². The molecule has 0 heterocycles. The highest BCUT2D eigenvalue weighted by atomic mass is 19.2. The number of halogens is 3. The second-order valence-electron chi connectivity index (χ2n) is 3.71. The van der Waals surface area contributed by atoms with Gasteiger partial charge in [-0.25, -0.2) is 13.2 Å². The Labute approximate surface area is 96.9 Å². The second-order valence-corrected chi connectivity index (χ2v) is 3.71. The highest BCUT2D eigenvalue weighted by Crippen LogP contribution is 2.24. The van der Waals surface area contributed by atoms with Gasteiger partial charge in [0.25, 0.3) is 0 Å². The molecule has 0 radical (unpaired) electrons. The van der Waals surface area contributed by atoms with Gasteiger partial charge in [0.1, 0.15) is 5.82 Å². The van der Waals surface area contributed by atoms with Crippen LogP contribution in [0.3, 0.4) is 0 Å². The van der Waals surface area contributed by atoms with Crippen LogP contribution in [-0.4, -0.2) is 0 Å². The van der Waals surface area contributed by atoms with Crippen molar-refractivity contribution in [2.24, 2.45) is 0 Å². The number of aryl methyl sites for hydroxylation is 1. The number of hydrogen-bond acceptors (Lipinski definition) is 1. The fourth-order valence-corrected chi connectivity index (χ4v) is 1.47. The van der Waals surface area contributed by atoms with Crippen LogP contribution >= 0.6 is 0 Å². The van der Waals surface area contributed by atoms with E-state index in [1.807, 2.05) is 0 Å². The Bertz CT molecular complexity index is 552. The summed E-state index contributed by atoms with van der Waals surface area (Å²) in [5.74, 6) is -2.50. The van der Waals surface area contributed by atoms with Crippen molar-refractivity contribution >= 4 is 11.4 Å². The fourth-order valence-electron chi connectivity index (χ4n) is 1.47. The van der Waals surface area contributed by atoms with Gasteiger partial charge in [0, 0.05) is 0 Å². The maximum Gasteiger partial charge on any atom is 0.182 e. The van der Waals surface area contributed by atoms with Crippen LogP contribution in [0.5, 0.6) is 0 Å². The molecule has 0 bridgehead atoms. The minimum absolute atomic E-state index is 0.0900. The molecule has 0 spiro atoms. The van der Waals surface area contributed by atoms with Crippen LogP contribution < -0.4 is 5.32 Å². The fraction of sp³-hybridized carbons (Fsp3) is 0.0769. The van der Waals surface area contributed by atoms with Gasteiger partial charge in [0.2, 0.25) is 0 Å². The zero-order valence-electron chi connectivity index (χ0n) is 9.10. The molecule has 0 amide bonds. The Morgan fingerprint density at radius 1 is 0.882 bits per heavy atom. The summed E-state index contributed by atoms with van der Waals surface area (Å²) in [7, 11) is 0. The quantitative estimate of drug-likeness (QED) is 0.827. The van der Waals surface area contributed by atoms with Crippen molar-refractivity contribution in [3.05, 3.63) is 59.4 Å². The molecule has 1 N–H and O–H groups in total. The smallest absolute Gasteiger partial charge is 0.182 e. The minimum atomic E-state index is -1.02. The Morgan fingerprint density at radius 3 is 2.35 bits per heavy atom. The predicted molar refractivity (Wildman–Crippen MR) is 60.8 cm³/mol. The van der Waals surface area contributed by atoms with E-state index < -0.39 is 17.5 Å². The molecular formula is C13H10F3N. The van der Waals surface area contributed by atoms with E-state index in [2.05, 4.69) is 5.32 Å². The highest BCUT2D eigenvalue weighted by molar-refractivity contribution is 5.61. The van der Waals surface area contributed by atoms with Crippen molar-refractivity contribution in [1.82, 2.24) is 0 Å². The highest BCUT2D eigenvalue weighted by Gasteiger charge is 2.09. The lowest BCUT2D eigenvalue weighted by molar-refractivity contribution is 0.511. The zero-order chi connectivity index (χ0) is 12.4. The molecule has 2 aromatic rings. The molecule has 88 valence electrons. The molecule has 0 fully saturated rings. The molecule has 0 aliphatic heterocycles. The molecule has 0 aliphatic carbocycles. The van der Waals surface area contributed by atoms with Crippen molar-refractivity contribution in [2.45, 2.75) is 6.92 Å². The Morgan fingerprint density at radius 2 is 1.65 bits per heavy atom. The lowest BCUT2D eigenvalue weighted by Crippen LogP contribution is -1.98. The monoisotopic (exact) mass is 237 g/mol. The molecule has 0 atom stereocenters. The predicted octanol–water partition coefficient (Wildman–Crippen LogP) is 4.16. The van der Waals surface area contributed by atoms with E-state index in [1.54, 1.807) is 13.0 Å². The molecule has 0 saturated carbocycles. The summed E-state index contributed by atoms with van der Waals surface area (Å²) in [6, 6.07) is 8.19. The van der Waals surface area contributed by atoms with E-state index in [4.69, 9.17) is 0 Å². The molecule has 4 heteroatoms. The Balaban J connectivity index is 2.35. The van der Waals surface area contributed by atoms with E-state index in [9.17, 15) is 13.2 Å². The van der Waals surface area contributed by atoms with Gasteiger partial charge in [0.15, 0.2) is 11.6 Å². The lowest BCUT2D eigenvalue weighted by atomic mass is 10.2. The molecular weight excluding hydrogens is 227 g/mol. The van der Waals surface area contributed by atoms with Crippen LogP contribution in [0.1, 0.15) is 5.56 Å². The topological polar surface area (TPSA) is 12.0 Å². The van der Waals surface area contributed by atoms with Gasteiger partial charge < -0.3 is 5.32 Å². The van der Waals surface area contributed by atoms with Gasteiger partial charge >= 0.3 is 0 Å². The van der Waals surface area contributed by atoms with Crippen LogP contribution in [0.25, 0.3) is 0 Å². The third-order valence-corrected chi connectivity index (χ3v) is 2.35. The molecule has 1 nitrogen and oxygen atoms in total. The molecule has 0 aromatic heterocycles. The molecule has 0 aliphatic rings. The van der Waals surface area contributed by atoms with Gasteiger partial charge in [-0.3, -0.25) is 0 Å². The van der Waals surface area contributed by atoms with E-state index in [1.165, 1.54) is 24.3 Å². The Hall–Kier alpha value is -1.97. The third-order valence-electron chi connectivity index (χ3n) is 2.35. The average molecular weight is 237 g/mol. The van der Waals surface area contributed by atoms with Crippen molar-refractivity contribution in [3.8, 4) is 0 Å². The van der Waals surface area contributed by atoms with Crippen molar-refractivity contribution in [3.63, 3.8) is 0 Å². The maximum atomic E-state index is 13.5. The molecule has 0 saturated heterocycles. The van der Waals surface area contributed by atoms with Gasteiger partial charge in [-0.1, -0.05) is 12.1 Å². The number of rotatable bonds is 2. The van der Waals surface area contributed by atoms with Crippen molar-refractivity contribution < 1.29 is 13.2 Å². The van der Waals surface area contributed by atoms with Crippen molar-refractivity contribution in [2.75, 3.05) is 5.32 Å². The zero-order valence-corrected chi connectivity index (χ0v) is 9.10. The first-order valence-electron chi connectivity index (χ1n) is 5.05. The Kier molecular flexibility index (Phi) is 3.04. The summed E-state index contributed by atoms with van der Waals surface area (Å²) >= 11 is 0. The maximum absolute atomic E-state index is 13.5. The summed E-state index contributed by atoms with van der Waals surface area (Å²) in [6.45, 7) is 1.75. The van der Waals surface area contributed by atoms with E-state index in [-0.39, 0.29) is 11.4 Å². The van der Waals surface area contributed by atoms with Gasteiger partial charge in [-0.2, -0.15) is 0 Å². The number of hydrogen-bond donors (Lipinski definition) is 1. The van der Waals surface area contributed by atoms with Crippen LogP contribution in [-0.2, 0) is 0 Å². The largest absolute Gasteiger partial charge is 0.351 e. The normalized spacial score (nSPS) is 10.4. The number of benzene rings is 2. The summed E-state index contributed by atoms with van der Waals surface area (Å²) < 4.78 is 39.8. The minimum Gasteiger partial charge on any atom is -0.351 e. The van der Waals surface area contributed by atoms with Crippen LogP contribution in [0.15, 0.2) is 36.4 Å². The second kappa shape index (κ2) is 4.49. The van der Waals surface area contributed by atoms with E-state index in [0.717, 1.165) is 11.6 Å². The molecule has 2 aromatic carbocycles. The van der Waals surface area contributed by atoms with E-state index >= 15 is 0 Å². The molecule has 2 rings (SSSR count). The lowest BCUT2D eigenvalue weighted by Gasteiger charge is -2.09. The third kappa shape index (κ3) is 2.41. The molecule has 0 unspecified atom stereocenters. The SMILES string of the molecule is Cc1ccc(Nc2cccc(F)c2F)c(F)c1. The van der Waals surface area contributed by atoms with Crippen LogP contribution in [0, 0.1) is 24.4 Å². The van der Waals surface area contributed by atoms with Crippen LogP contribution in [0.2, 0.25) is 0 Å². The first-order chi connectivity index (χ1) is 8.08. The summed E-state index contributed by atoms with van der Waals surface area (Å²) in [6.07, 6.45) is 0. The standard InChI is InChI=1S/C13H10F3N/c1-8-5-6-11(10(15)7-8)17-12-4-2-3-9(14)13(12)16/h2-7,17H,1H3. The summed E-state index contributed by atoms with van der Waals surface area (Å²) in [5, 5.41) is 2.52. The first kappa shape index (κ1) is 11.5. The average Bonchev–Trinajstić information content (AvgIpc) is 2.28. The number of nitrogens with one attached hydrogen (secondary N) is 1. The van der Waals surface area contributed by atoms with Crippen molar-refractivity contribution in [1.29, 1.82) is 0 Å². The number of anilines is 2. The summed E-state index contributed by atoms with van der Waals surface area (Å²) in [5.41, 5.74) is 0.778. The summed E-state index contributed by atoms with van der Waals surface area (Å²) in [4.78, 5) is 0. The van der Waals surface area contributed by atoms with Gasteiger partial charge in [0.05, 0.1) is 11.4 Å².